The Morgan fingerprint density at radius 3 is 2.64 bits per heavy atom. The molecule has 1 nitrogen and oxygen atoms in total. The second-order valence-corrected chi connectivity index (χ2v) is 3.01. The van der Waals surface area contributed by atoms with Crippen LogP contribution in [0.2, 0.25) is 0 Å². The van der Waals surface area contributed by atoms with E-state index in [1.165, 1.54) is 10.9 Å². The molecule has 0 aliphatic rings. The molecule has 0 aliphatic carbocycles. The van der Waals surface area contributed by atoms with Gasteiger partial charge in [-0.1, -0.05) is 18.7 Å². The molecule has 0 atom stereocenters. The summed E-state index contributed by atoms with van der Waals surface area (Å²) in [6.45, 7) is 4.60. The third-order valence-electron chi connectivity index (χ3n) is 2.11. The van der Waals surface area contributed by atoms with Crippen LogP contribution >= 0.6 is 0 Å². The fourth-order valence-electron chi connectivity index (χ4n) is 1.52. The van der Waals surface area contributed by atoms with Gasteiger partial charge in [-0.25, -0.2) is 0 Å². The predicted octanol–water partition coefficient (Wildman–Crippen LogP) is -0.683. The van der Waals surface area contributed by atoms with E-state index < -0.39 is 0 Å². The van der Waals surface area contributed by atoms with E-state index in [4.69, 9.17) is 0 Å². The molecule has 0 unspecified atom stereocenters. The maximum atomic E-state index is 3.74. The van der Waals surface area contributed by atoms with Crippen molar-refractivity contribution in [3.8, 4) is 0 Å². The third kappa shape index (κ3) is 2.12. The molecule has 0 aliphatic heterocycles. The lowest BCUT2D eigenvalue weighted by Crippen LogP contribution is -3.00. The number of hydrogen-bond acceptors (Lipinski definition) is 0. The summed E-state index contributed by atoms with van der Waals surface area (Å²) >= 11 is 0. The number of aromatic nitrogens is 1. The summed E-state index contributed by atoms with van der Waals surface area (Å²) in [5.41, 5.74) is 1.25. The molecule has 0 bridgehead atoms. The lowest BCUT2D eigenvalue weighted by molar-refractivity contribution is -0.660. The average molecular weight is 297 g/mol. The first kappa shape index (κ1) is 11.2. The topological polar surface area (TPSA) is 3.88 Å². The summed E-state index contributed by atoms with van der Waals surface area (Å²) in [5.74, 6) is 0. The second-order valence-electron chi connectivity index (χ2n) is 3.01. The van der Waals surface area contributed by atoms with Crippen molar-refractivity contribution in [1.82, 2.24) is 0 Å². The van der Waals surface area contributed by atoms with Crippen LogP contribution in [0.4, 0.5) is 0 Å². The minimum absolute atomic E-state index is 0. The van der Waals surface area contributed by atoms with Gasteiger partial charge in [0, 0.05) is 17.5 Å². The van der Waals surface area contributed by atoms with Gasteiger partial charge in [0.2, 0.25) is 5.52 Å². The van der Waals surface area contributed by atoms with Crippen LogP contribution in [-0.2, 0) is 6.54 Å². The summed E-state index contributed by atoms with van der Waals surface area (Å²) in [6.07, 6.45) is 3.98. The molecule has 72 valence electrons. The molecule has 2 heteroatoms. The summed E-state index contributed by atoms with van der Waals surface area (Å²) in [4.78, 5) is 0. The Hall–Kier alpha value is -0.900. The summed E-state index contributed by atoms with van der Waals surface area (Å²) < 4.78 is 2.18. The van der Waals surface area contributed by atoms with Crippen LogP contribution in [0.5, 0.6) is 0 Å². The first-order valence-electron chi connectivity index (χ1n) is 4.40. The molecule has 1 aromatic heterocycles. The summed E-state index contributed by atoms with van der Waals surface area (Å²) in [5, 5.41) is 1.27. The maximum Gasteiger partial charge on any atom is 0.212 e. The Kier molecular flexibility index (Phi) is 4.07. The number of halogens is 1. The normalized spacial score (nSPS) is 9.43. The molecule has 14 heavy (non-hydrogen) atoms. The average Bonchev–Trinajstić information content (AvgIpc) is 2.19. The largest absolute Gasteiger partial charge is 1.00 e. The van der Waals surface area contributed by atoms with Gasteiger partial charge in [-0.05, 0) is 18.2 Å². The van der Waals surface area contributed by atoms with E-state index >= 15 is 0 Å². The Balaban J connectivity index is 0.000000980. The van der Waals surface area contributed by atoms with E-state index in [-0.39, 0.29) is 24.0 Å². The van der Waals surface area contributed by atoms with Crippen molar-refractivity contribution in [3.63, 3.8) is 0 Å². The second kappa shape index (κ2) is 5.10. The van der Waals surface area contributed by atoms with Crippen molar-refractivity contribution in [3.05, 3.63) is 55.3 Å². The van der Waals surface area contributed by atoms with Gasteiger partial charge in [0.05, 0.1) is 0 Å². The molecule has 1 aromatic carbocycles. The minimum Gasteiger partial charge on any atom is -1.00 e. The van der Waals surface area contributed by atoms with E-state index in [1.54, 1.807) is 0 Å². The number of fused-ring (bicyclic) bond motifs is 1. The van der Waals surface area contributed by atoms with Gasteiger partial charge >= 0.3 is 0 Å². The van der Waals surface area contributed by atoms with Crippen molar-refractivity contribution >= 4 is 10.9 Å². The van der Waals surface area contributed by atoms with Crippen LogP contribution in [0.15, 0.2) is 55.3 Å². The van der Waals surface area contributed by atoms with Crippen LogP contribution in [-0.4, -0.2) is 0 Å². The lowest BCUT2D eigenvalue weighted by Gasteiger charge is -1.96. The maximum absolute atomic E-state index is 3.74. The van der Waals surface area contributed by atoms with E-state index in [1.807, 2.05) is 6.08 Å². The standard InChI is InChI=1S/C12H12N.HI/c1-2-9-13-10-5-7-11-6-3-4-8-12(11)13;/h2-8,10H,1,9H2;1H/q+1;/p-1. The SMILES string of the molecule is C=CC[n+]1cccc2ccccc21.[I-]. The summed E-state index contributed by atoms with van der Waals surface area (Å²) in [7, 11) is 0. The zero-order valence-corrected chi connectivity index (χ0v) is 10.0. The fourth-order valence-corrected chi connectivity index (χ4v) is 1.52. The zero-order chi connectivity index (χ0) is 9.10. The minimum atomic E-state index is 0. The van der Waals surface area contributed by atoms with Crippen molar-refractivity contribution in [2.75, 3.05) is 0 Å². The highest BCUT2D eigenvalue weighted by molar-refractivity contribution is 5.74. The number of rotatable bonds is 2. The Morgan fingerprint density at radius 2 is 1.86 bits per heavy atom. The van der Waals surface area contributed by atoms with E-state index in [9.17, 15) is 0 Å². The number of nitrogens with zero attached hydrogens (tertiary/aromatic N) is 1. The molecule has 2 aromatic rings. The van der Waals surface area contributed by atoms with Crippen molar-refractivity contribution in [1.29, 1.82) is 0 Å². The van der Waals surface area contributed by atoms with Gasteiger partial charge in [-0.15, -0.1) is 0 Å². The number of benzene rings is 1. The number of allylic oxidation sites excluding steroid dienone is 1. The molecule has 1 heterocycles. The van der Waals surface area contributed by atoms with Gasteiger partial charge in [-0.2, -0.15) is 4.57 Å². The highest BCUT2D eigenvalue weighted by Crippen LogP contribution is 2.07. The molecule has 0 spiro atoms. The Labute approximate surface area is 101 Å². The van der Waals surface area contributed by atoms with Gasteiger partial charge in [-0.3, -0.25) is 0 Å². The van der Waals surface area contributed by atoms with Crippen LogP contribution in [0.25, 0.3) is 10.9 Å². The van der Waals surface area contributed by atoms with Gasteiger partial charge in [0.15, 0.2) is 12.7 Å². The highest BCUT2D eigenvalue weighted by atomic mass is 127. The Bertz CT molecular complexity index is 432. The first-order valence-corrected chi connectivity index (χ1v) is 4.40. The molecule has 0 radical (unpaired) electrons. The highest BCUT2D eigenvalue weighted by Gasteiger charge is 2.03. The lowest BCUT2D eigenvalue weighted by atomic mass is 10.2. The number of pyridine rings is 1. The smallest absolute Gasteiger partial charge is 0.212 e. The van der Waals surface area contributed by atoms with Crippen molar-refractivity contribution < 1.29 is 28.5 Å². The van der Waals surface area contributed by atoms with E-state index in [2.05, 4.69) is 53.7 Å². The quantitative estimate of drug-likeness (QED) is 0.393. The van der Waals surface area contributed by atoms with E-state index in [0.717, 1.165) is 6.54 Å². The predicted molar refractivity (Wildman–Crippen MR) is 54.3 cm³/mol. The van der Waals surface area contributed by atoms with Gasteiger partial charge in [0.1, 0.15) is 0 Å². The molecule has 0 saturated heterocycles. The molecular weight excluding hydrogens is 285 g/mol. The van der Waals surface area contributed by atoms with Crippen LogP contribution in [0.1, 0.15) is 0 Å². The zero-order valence-electron chi connectivity index (χ0n) is 7.86. The molecule has 0 saturated carbocycles. The molecule has 0 amide bonds. The number of para-hydroxylation sites is 1. The van der Waals surface area contributed by atoms with Crippen LogP contribution < -0.4 is 28.5 Å². The van der Waals surface area contributed by atoms with E-state index in [0.29, 0.717) is 0 Å². The first-order chi connectivity index (χ1) is 6.42. The fraction of sp³-hybridized carbons (Fsp3) is 0.0833. The van der Waals surface area contributed by atoms with Crippen molar-refractivity contribution in [2.24, 2.45) is 0 Å². The van der Waals surface area contributed by atoms with Gasteiger partial charge in [0.25, 0.3) is 0 Å². The third-order valence-corrected chi connectivity index (χ3v) is 2.11. The monoisotopic (exact) mass is 297 g/mol. The van der Waals surface area contributed by atoms with Gasteiger partial charge < -0.3 is 24.0 Å². The summed E-state index contributed by atoms with van der Waals surface area (Å²) in [6, 6.07) is 12.5. The van der Waals surface area contributed by atoms with Crippen LogP contribution in [0.3, 0.4) is 0 Å². The van der Waals surface area contributed by atoms with Crippen molar-refractivity contribution in [2.45, 2.75) is 6.54 Å². The molecule has 0 N–H and O–H groups in total. The Morgan fingerprint density at radius 1 is 1.14 bits per heavy atom. The molecular formula is C12H12IN. The molecule has 2 rings (SSSR count). The van der Waals surface area contributed by atoms with Crippen LogP contribution in [0, 0.1) is 0 Å². The number of hydrogen-bond donors (Lipinski definition) is 0. The molecule has 0 fully saturated rings.